The highest BCUT2D eigenvalue weighted by Gasteiger charge is 2.63. The average molecular weight is 1970 g/mol. The molecule has 11 saturated heterocycles. The van der Waals surface area contributed by atoms with Gasteiger partial charge in [0.25, 0.3) is 0 Å². The van der Waals surface area contributed by atoms with Crippen LogP contribution in [0.1, 0.15) is 48.5 Å². The lowest BCUT2D eigenvalue weighted by Gasteiger charge is -2.52. The van der Waals surface area contributed by atoms with Crippen LogP contribution in [0.15, 0.2) is 0 Å². The Morgan fingerprint density at radius 3 is 0.889 bits per heavy atom. The van der Waals surface area contributed by atoms with E-state index in [2.05, 4.69) is 26.6 Å². The number of amides is 5. The fraction of sp³-hybridized carbons (Fsp3) is 0.934. The lowest BCUT2D eigenvalue weighted by molar-refractivity contribution is -0.400. The van der Waals surface area contributed by atoms with Crippen LogP contribution < -0.4 is 26.6 Å². The summed E-state index contributed by atoms with van der Waals surface area (Å²) in [5, 5.41) is 328. The highest BCUT2D eigenvalue weighted by atomic mass is 16.8. The fourth-order valence-corrected chi connectivity index (χ4v) is 17.7. The van der Waals surface area contributed by atoms with Crippen LogP contribution in [0.5, 0.6) is 0 Å². The maximum atomic E-state index is 13.6. The molecule has 5 amide bonds. The second kappa shape index (κ2) is 48.2. The molecule has 55 atom stereocenters. The zero-order valence-corrected chi connectivity index (χ0v) is 73.3. The van der Waals surface area contributed by atoms with E-state index < -0.39 is 426 Å². The molecule has 0 bridgehead atoms. The second-order valence-corrected chi connectivity index (χ2v) is 34.5. The lowest BCUT2D eigenvalue weighted by atomic mass is 9.93. The van der Waals surface area contributed by atoms with Gasteiger partial charge in [0.2, 0.25) is 29.5 Å². The summed E-state index contributed by atoms with van der Waals surface area (Å²) < 4.78 is 128. The van der Waals surface area contributed by atoms with Crippen LogP contribution in [-0.4, -0.2) is 569 Å². The van der Waals surface area contributed by atoms with Gasteiger partial charge in [-0.2, -0.15) is 0 Å². The van der Waals surface area contributed by atoms with Gasteiger partial charge in [-0.1, -0.05) is 0 Å². The summed E-state index contributed by atoms with van der Waals surface area (Å²) in [6.45, 7) is -3.42. The van der Waals surface area contributed by atoms with E-state index in [9.17, 15) is 167 Å². The van der Waals surface area contributed by atoms with E-state index in [1.807, 2.05) is 0 Å². The summed E-state index contributed by atoms with van der Waals surface area (Å²) in [7, 11) is 0. The van der Waals surface area contributed by atoms with E-state index in [0.717, 1.165) is 34.6 Å². The van der Waals surface area contributed by atoms with Crippen molar-refractivity contribution in [1.82, 2.24) is 26.6 Å². The van der Waals surface area contributed by atoms with Gasteiger partial charge in [0, 0.05) is 34.6 Å². The first-order chi connectivity index (χ1) is 63.8. The van der Waals surface area contributed by atoms with E-state index >= 15 is 0 Å². The number of carbonyl (C=O) groups excluding carboxylic acids is 5. The summed E-state index contributed by atoms with van der Waals surface area (Å²) in [6.07, 6.45) is -106. The molecule has 0 saturated carbocycles. The van der Waals surface area contributed by atoms with Crippen LogP contribution >= 0.6 is 0 Å². The molecule has 33 N–H and O–H groups in total. The van der Waals surface area contributed by atoms with Crippen molar-refractivity contribution in [2.45, 2.75) is 386 Å². The number of aliphatic hydroxyl groups excluding tert-OH is 28. The van der Waals surface area contributed by atoms with Crippen molar-refractivity contribution in [1.29, 1.82) is 0 Å². The maximum Gasteiger partial charge on any atom is 0.217 e. The molecular formula is C76H127N5O54. The molecule has 11 heterocycles. The first kappa shape index (κ1) is 111. The van der Waals surface area contributed by atoms with Gasteiger partial charge in [0.15, 0.2) is 69.2 Å². The number of rotatable bonds is 34. The number of ether oxygens (including phenoxy) is 21. The minimum absolute atomic E-state index is 0.835. The Bertz CT molecular complexity index is 3750. The van der Waals surface area contributed by atoms with Crippen molar-refractivity contribution in [2.24, 2.45) is 0 Å². The zero-order chi connectivity index (χ0) is 99.4. The summed E-state index contributed by atoms with van der Waals surface area (Å²) in [6, 6.07) is -9.65. The lowest BCUT2D eigenvalue weighted by Crippen LogP contribution is -2.71. The first-order valence-electron chi connectivity index (χ1n) is 43.4. The summed E-state index contributed by atoms with van der Waals surface area (Å²) in [5.74, 6) is -4.76. The summed E-state index contributed by atoms with van der Waals surface area (Å²) in [4.78, 5) is 65.5. The molecule has 135 heavy (non-hydrogen) atoms. The molecular weight excluding hydrogens is 1850 g/mol. The second-order valence-electron chi connectivity index (χ2n) is 34.5. The van der Waals surface area contributed by atoms with E-state index in [1.54, 1.807) is 0 Å². The molecule has 11 fully saturated rings. The zero-order valence-electron chi connectivity index (χ0n) is 73.3. The van der Waals surface area contributed by atoms with E-state index in [0.29, 0.717) is 0 Å². The Balaban J connectivity index is 0.959. The van der Waals surface area contributed by atoms with Crippen molar-refractivity contribution in [3.63, 3.8) is 0 Å². The van der Waals surface area contributed by atoms with Gasteiger partial charge in [0.1, 0.15) is 256 Å². The molecule has 0 aliphatic carbocycles. The van der Waals surface area contributed by atoms with E-state index in [1.165, 1.54) is 13.8 Å². The highest BCUT2D eigenvalue weighted by molar-refractivity contribution is 5.75. The SMILES string of the molecule is CC(=O)N[C@@H]1[C@@H](O[C@@H]2O[C@@H](C)[C@@H](O)[C@@H](O)[C@@H]2O)[C@H](O[C@@H]2O[C@H](CO)[C@@H](O[C@@H]3O[C@H](CO[C@H]4O[C@H](CO)[C@@H](O)[C@H](O)[C@@H]4O[C@@H]4O[C@H](CO)[C@@H](O[C@@H]5O[C@H](CO)[C@H](O)[C@H](O)[C@H]5O)[C@H](O[C@@H]5O[C@@H](C)[C@@H](O)[C@@H](O)[C@@H]5O)[C@H]4NC(C)=O)[C@@H](O)[C@H](O[C@H]4O[C@H](CO)[C@@H](O)[C@H](O)[C@@H]4O[C@@H]4O[C@H](CO)[C@@H](O[C@@H]5O[C@H](CO)[C@H](O)[C@H](O)[C@H]5NC(C)=O)[C@H](O)[C@H]4NC(C)=O)[C@@H]3O)[C@H](O)[C@H]2NC(C)=O)[C@@H](CO)O[C@H]1O. The van der Waals surface area contributed by atoms with Crippen LogP contribution in [0.3, 0.4) is 0 Å². The van der Waals surface area contributed by atoms with Crippen molar-refractivity contribution in [3.05, 3.63) is 0 Å². The maximum absolute atomic E-state index is 13.6. The molecule has 0 unspecified atom stereocenters. The Morgan fingerprint density at radius 1 is 0.207 bits per heavy atom. The van der Waals surface area contributed by atoms with E-state index in [4.69, 9.17) is 99.5 Å². The number of nitrogens with one attached hydrogen (secondary N) is 5. The molecule has 0 radical (unpaired) electrons. The highest BCUT2D eigenvalue weighted by Crippen LogP contribution is 2.43. The smallest absolute Gasteiger partial charge is 0.217 e. The van der Waals surface area contributed by atoms with Crippen LogP contribution in [0.4, 0.5) is 0 Å². The van der Waals surface area contributed by atoms with Gasteiger partial charge in [-0.05, 0) is 13.8 Å². The fourth-order valence-electron chi connectivity index (χ4n) is 17.7. The molecule has 11 aliphatic heterocycles. The summed E-state index contributed by atoms with van der Waals surface area (Å²) in [5.41, 5.74) is 0. The predicted octanol–water partition coefficient (Wildman–Crippen LogP) is -22.2. The average Bonchev–Trinajstić information content (AvgIpc) is 0.762. The minimum atomic E-state index is -2.69. The van der Waals surface area contributed by atoms with Gasteiger partial charge in [-0.3, -0.25) is 24.0 Å². The number of hydrogen-bond donors (Lipinski definition) is 33. The van der Waals surface area contributed by atoms with Crippen molar-refractivity contribution >= 4 is 29.5 Å². The molecule has 0 aromatic heterocycles. The Kier molecular flexibility index (Phi) is 39.5. The molecule has 0 aromatic carbocycles. The third kappa shape index (κ3) is 24.6. The first-order valence-corrected chi connectivity index (χ1v) is 43.4. The molecule has 59 nitrogen and oxygen atoms in total. The predicted molar refractivity (Wildman–Crippen MR) is 417 cm³/mol. The Hall–Kier alpha value is -4.61. The minimum Gasteiger partial charge on any atom is -0.394 e. The van der Waals surface area contributed by atoms with Gasteiger partial charge >= 0.3 is 0 Å². The third-order valence-corrected chi connectivity index (χ3v) is 24.9. The Labute approximate surface area is 765 Å². The summed E-state index contributed by atoms with van der Waals surface area (Å²) >= 11 is 0. The van der Waals surface area contributed by atoms with Crippen LogP contribution in [0, 0.1) is 0 Å². The third-order valence-electron chi connectivity index (χ3n) is 24.9. The molecule has 11 rings (SSSR count). The van der Waals surface area contributed by atoms with Crippen molar-refractivity contribution in [3.8, 4) is 0 Å². The van der Waals surface area contributed by atoms with Gasteiger partial charge in [0.05, 0.1) is 71.7 Å². The largest absolute Gasteiger partial charge is 0.394 e. The normalized spacial score (nSPS) is 49.5. The van der Waals surface area contributed by atoms with Gasteiger partial charge in [-0.25, -0.2) is 0 Å². The van der Waals surface area contributed by atoms with Crippen molar-refractivity contribution < 1.29 is 266 Å². The van der Waals surface area contributed by atoms with Gasteiger partial charge < -0.3 is 269 Å². The molecule has 11 aliphatic rings. The molecule has 0 spiro atoms. The van der Waals surface area contributed by atoms with Crippen LogP contribution in [0.25, 0.3) is 0 Å². The van der Waals surface area contributed by atoms with Crippen molar-refractivity contribution in [2.75, 3.05) is 59.5 Å². The molecule has 0 aromatic rings. The number of aliphatic hydroxyl groups is 28. The quantitative estimate of drug-likeness (QED) is 0.0284. The topological polar surface area (TPSA) is 906 Å². The van der Waals surface area contributed by atoms with Crippen LogP contribution in [-0.2, 0) is 123 Å². The standard InChI is InChI=1S/C76H127N5O54/c1-17-38(95)48(105)53(110)71(116-17)131-61-36(80-22(6)93)66(114)118-30(14-88)59(61)129-68-34(78-20(4)91)47(104)58(29(13-87)123-68)128-74-56(113)63(133-76-65(52(109)43(100)27(11-85)122-76)135-69-35(79-21(5)92)46(103)57(28(12-86)124-69)127-67-33(77-19(3)90)45(102)40(97)24(8-82)119-67)44(101)32(126-74)16-115-75-64(51(108)42(99)26(10-84)121-75)134-70-37(81-23(7)94)62(132-72-54(111)49(106)39(96)18(2)117-72)60(31(15-89)125-70)130-73-55(112)50(107)41(98)25(9-83)120-73/h17-18,24-76,82-89,95-114H,8-16H2,1-7H3,(H,77,90)(H,78,91)(H,79,92)(H,80,93)(H,81,94)/t17-,18-,24+,25+,26+,27+,28+,29+,30+,31+,32+,33+,34+,35+,36+,37+,38+,39+,40-,41-,42+,43+,44+,45+,46+,47+,48+,49+,50-,51-,52-,53-,54-,55+,56-,57+,58+,59+,60+,61+,62+,63-,64-,65-,66+,67-,68-,69-,70-,71-,72-,73-,74-,75-,76+/m0/s1. The van der Waals surface area contributed by atoms with Gasteiger partial charge in [-0.15, -0.1) is 0 Å². The molecule has 780 valence electrons. The van der Waals surface area contributed by atoms with E-state index in [-0.39, 0.29) is 0 Å². The number of carbonyl (C=O) groups is 5. The Morgan fingerprint density at radius 2 is 0.467 bits per heavy atom. The van der Waals surface area contributed by atoms with Crippen LogP contribution in [0.2, 0.25) is 0 Å². The monoisotopic (exact) mass is 1970 g/mol. The number of hydrogen-bond acceptors (Lipinski definition) is 54. The molecule has 59 heteroatoms.